The van der Waals surface area contributed by atoms with E-state index in [1.165, 1.54) is 103 Å². The van der Waals surface area contributed by atoms with E-state index in [0.717, 1.165) is 167 Å². The fourth-order valence-corrected chi connectivity index (χ4v) is 12.5. The molecule has 0 saturated heterocycles. The molecule has 0 aliphatic carbocycles. The van der Waals surface area contributed by atoms with Crippen LogP contribution in [-0.4, -0.2) is 95.9 Å². The third kappa shape index (κ3) is 82.0. The number of unbranched alkanes of at least 4 members (excludes halogenated alkanes) is 29. The van der Waals surface area contributed by atoms with E-state index in [1.54, 1.807) is 0 Å². The Kier molecular flexibility index (Phi) is 77.0. The van der Waals surface area contributed by atoms with Gasteiger partial charge in [-0.25, -0.2) is 9.13 Å². The van der Waals surface area contributed by atoms with Crippen LogP contribution in [0, 0.1) is 0 Å². The Morgan fingerprint density at radius 3 is 0.785 bits per heavy atom. The van der Waals surface area contributed by atoms with Crippen molar-refractivity contribution in [1.82, 2.24) is 0 Å². The molecule has 0 aliphatic heterocycles. The summed E-state index contributed by atoms with van der Waals surface area (Å²) in [6.45, 7) is 2.40. The maximum absolute atomic E-state index is 13.0. The molecule has 0 saturated carbocycles. The standard InChI is InChI=1S/C89H150O16P2/c1-4-7-10-13-16-19-22-25-28-31-33-35-37-38-39-40-41-42-43-44-46-48-49-52-54-57-60-63-66-69-72-75-87(92)99-78-84(90)79-101-106(95,96)102-80-85(91)81-103-107(97,98)104-83-86(105-89(94)77-74-71-68-65-62-59-56-51-30-27-24-21-18-15-12-9-6-3)82-100-88(93)76-73-70-67-64-61-58-55-53-50-47-45-36-34-32-29-26-23-20-17-14-11-8-5-2/h8-9,11-12,16-21,25-30,33-36,38-39,47,50,56,59,84-86,90-91H,4-7,10,13-15,22-24,31-32,37,40-46,48-49,51-55,57-58,60-83H2,1-3H3,(H,95,96)(H,97,98)/b11-8-,12-9-,19-16-,20-17-,21-18-,28-25-,29-26-,30-27-,35-33-,36-34-,39-38-,50-47-,59-56-. The van der Waals surface area contributed by atoms with E-state index < -0.39 is 91.5 Å². The minimum absolute atomic E-state index is 0.0690. The Bertz CT molecular complexity index is 2580. The summed E-state index contributed by atoms with van der Waals surface area (Å²) in [6, 6.07) is 0. The van der Waals surface area contributed by atoms with Gasteiger partial charge >= 0.3 is 33.6 Å². The van der Waals surface area contributed by atoms with Crippen LogP contribution in [0.2, 0.25) is 0 Å². The van der Waals surface area contributed by atoms with Crippen molar-refractivity contribution in [1.29, 1.82) is 0 Å². The minimum atomic E-state index is -4.95. The fraction of sp³-hybridized carbons (Fsp3) is 0.674. The molecular formula is C89H150O16P2. The molecule has 5 atom stereocenters. The molecule has 0 bridgehead atoms. The van der Waals surface area contributed by atoms with Crippen molar-refractivity contribution in [2.24, 2.45) is 0 Å². The minimum Gasteiger partial charge on any atom is -0.463 e. The molecule has 0 rings (SSSR count). The first kappa shape index (κ1) is 102. The highest BCUT2D eigenvalue weighted by molar-refractivity contribution is 7.47. The van der Waals surface area contributed by atoms with Crippen molar-refractivity contribution in [3.05, 3.63) is 158 Å². The second-order valence-corrected chi connectivity index (χ2v) is 30.4. The predicted octanol–water partition coefficient (Wildman–Crippen LogP) is 25.0. The molecule has 0 heterocycles. The van der Waals surface area contributed by atoms with Gasteiger partial charge < -0.3 is 34.2 Å². The van der Waals surface area contributed by atoms with Gasteiger partial charge in [-0.15, -0.1) is 0 Å². The van der Waals surface area contributed by atoms with Crippen LogP contribution in [-0.2, 0) is 55.8 Å². The van der Waals surface area contributed by atoms with E-state index >= 15 is 0 Å². The number of phosphoric ester groups is 2. The Morgan fingerprint density at radius 1 is 0.271 bits per heavy atom. The molecule has 5 unspecified atom stereocenters. The zero-order valence-corrected chi connectivity index (χ0v) is 68.8. The number of phosphoric acid groups is 2. The second-order valence-electron chi connectivity index (χ2n) is 27.5. The summed E-state index contributed by atoms with van der Waals surface area (Å²) < 4.78 is 61.2. The quantitative estimate of drug-likeness (QED) is 0.0146. The molecule has 107 heavy (non-hydrogen) atoms. The number of aliphatic hydroxyl groups is 2. The largest absolute Gasteiger partial charge is 0.472 e. The lowest BCUT2D eigenvalue weighted by Gasteiger charge is -2.21. The average molecular weight is 1540 g/mol. The smallest absolute Gasteiger partial charge is 0.463 e. The number of aliphatic hydroxyl groups excluding tert-OH is 2. The average Bonchev–Trinajstić information content (AvgIpc) is 0.927. The van der Waals surface area contributed by atoms with Gasteiger partial charge in [-0.2, -0.15) is 0 Å². The van der Waals surface area contributed by atoms with Crippen LogP contribution in [0.15, 0.2) is 158 Å². The SMILES string of the molecule is CC/C=C\C/C=C\C/C=C\C/C=C\C/C=C\CCCCCCCCCC(=O)OCC(COP(=O)(O)OCC(O)COP(=O)(O)OCC(O)COC(=O)CCCCCCCCCCCCCCCCC/C=C\C/C=C\C/C=C\C/C=C\CCCCC)OC(=O)CCCCCC/C=C\C/C=C\C/C=C\C/C=C\CC. The number of allylic oxidation sites excluding steroid dienone is 26. The van der Waals surface area contributed by atoms with Gasteiger partial charge in [0, 0.05) is 19.3 Å². The van der Waals surface area contributed by atoms with Crippen LogP contribution in [0.1, 0.15) is 329 Å². The van der Waals surface area contributed by atoms with E-state index in [0.29, 0.717) is 19.3 Å². The Balaban J connectivity index is 4.56. The molecule has 0 aromatic heterocycles. The highest BCUT2D eigenvalue weighted by atomic mass is 31.2. The monoisotopic (exact) mass is 1540 g/mol. The Labute approximate surface area is 650 Å². The topological polar surface area (TPSA) is 231 Å². The van der Waals surface area contributed by atoms with Crippen molar-refractivity contribution in [3.8, 4) is 0 Å². The third-order valence-corrected chi connectivity index (χ3v) is 19.1. The van der Waals surface area contributed by atoms with Gasteiger partial charge in [0.25, 0.3) is 0 Å². The molecule has 0 amide bonds. The molecule has 4 N–H and O–H groups in total. The molecule has 16 nitrogen and oxygen atoms in total. The first-order chi connectivity index (χ1) is 52.2. The molecule has 18 heteroatoms. The van der Waals surface area contributed by atoms with E-state index in [2.05, 4.69) is 179 Å². The van der Waals surface area contributed by atoms with Gasteiger partial charge in [-0.1, -0.05) is 320 Å². The van der Waals surface area contributed by atoms with Gasteiger partial charge in [0.05, 0.1) is 26.4 Å². The summed E-state index contributed by atoms with van der Waals surface area (Å²) in [6.07, 6.45) is 101. The molecule has 0 aliphatic rings. The number of rotatable bonds is 78. The van der Waals surface area contributed by atoms with Crippen molar-refractivity contribution >= 4 is 33.6 Å². The number of hydrogen-bond acceptors (Lipinski definition) is 14. The number of carbonyl (C=O) groups is 3. The van der Waals surface area contributed by atoms with Gasteiger partial charge in [0.15, 0.2) is 6.10 Å². The van der Waals surface area contributed by atoms with E-state index in [4.69, 9.17) is 32.3 Å². The predicted molar refractivity (Wildman–Crippen MR) is 445 cm³/mol. The molecule has 612 valence electrons. The normalized spacial score (nSPS) is 14.7. The van der Waals surface area contributed by atoms with Gasteiger partial charge in [-0.3, -0.25) is 32.5 Å². The summed E-state index contributed by atoms with van der Waals surface area (Å²) in [5.41, 5.74) is 0. The highest BCUT2D eigenvalue weighted by Gasteiger charge is 2.29. The van der Waals surface area contributed by atoms with Crippen molar-refractivity contribution < 1.29 is 75.8 Å². The van der Waals surface area contributed by atoms with Crippen molar-refractivity contribution in [2.45, 2.75) is 347 Å². The van der Waals surface area contributed by atoms with Crippen LogP contribution in [0.25, 0.3) is 0 Å². The van der Waals surface area contributed by atoms with E-state index in [-0.39, 0.29) is 19.3 Å². The first-order valence-electron chi connectivity index (χ1n) is 41.8. The van der Waals surface area contributed by atoms with Crippen LogP contribution in [0.4, 0.5) is 0 Å². The molecule has 0 radical (unpaired) electrons. The fourth-order valence-electron chi connectivity index (χ4n) is 10.9. The molecular weight excluding hydrogens is 1390 g/mol. The van der Waals surface area contributed by atoms with E-state index in [9.17, 15) is 43.5 Å². The number of esters is 3. The summed E-state index contributed by atoms with van der Waals surface area (Å²) in [7, 11) is -9.81. The summed E-state index contributed by atoms with van der Waals surface area (Å²) in [4.78, 5) is 58.8. The van der Waals surface area contributed by atoms with Crippen LogP contribution in [0.5, 0.6) is 0 Å². The Morgan fingerprint density at radius 2 is 0.495 bits per heavy atom. The molecule has 0 aromatic rings. The lowest BCUT2D eigenvalue weighted by atomic mass is 10.0. The third-order valence-electron chi connectivity index (χ3n) is 17.2. The summed E-state index contributed by atoms with van der Waals surface area (Å²) in [5.74, 6) is -1.62. The highest BCUT2D eigenvalue weighted by Crippen LogP contribution is 2.45. The molecule has 0 aromatic carbocycles. The maximum atomic E-state index is 13.0. The zero-order valence-electron chi connectivity index (χ0n) is 67.0. The summed E-state index contributed by atoms with van der Waals surface area (Å²) in [5, 5.41) is 20.7. The van der Waals surface area contributed by atoms with Crippen molar-refractivity contribution in [3.63, 3.8) is 0 Å². The van der Waals surface area contributed by atoms with Gasteiger partial charge in [0.2, 0.25) is 0 Å². The number of hydrogen-bond donors (Lipinski definition) is 4. The van der Waals surface area contributed by atoms with E-state index in [1.807, 2.05) is 0 Å². The van der Waals surface area contributed by atoms with Gasteiger partial charge in [-0.05, 0) is 148 Å². The van der Waals surface area contributed by atoms with Crippen LogP contribution in [0.3, 0.4) is 0 Å². The van der Waals surface area contributed by atoms with Crippen molar-refractivity contribution in [2.75, 3.05) is 39.6 Å². The maximum Gasteiger partial charge on any atom is 0.472 e. The molecule has 0 spiro atoms. The van der Waals surface area contributed by atoms with Crippen LogP contribution < -0.4 is 0 Å². The number of ether oxygens (including phenoxy) is 3. The first-order valence-corrected chi connectivity index (χ1v) is 44.8. The molecule has 0 fully saturated rings. The summed E-state index contributed by atoms with van der Waals surface area (Å²) >= 11 is 0. The lowest BCUT2D eigenvalue weighted by molar-refractivity contribution is -0.161. The lowest BCUT2D eigenvalue weighted by Crippen LogP contribution is -2.30. The second kappa shape index (κ2) is 80.7. The van der Waals surface area contributed by atoms with Gasteiger partial charge in [0.1, 0.15) is 25.4 Å². The Hall–Kier alpha value is -4.83. The van der Waals surface area contributed by atoms with Crippen LogP contribution >= 0.6 is 15.6 Å². The number of carbonyl (C=O) groups excluding carboxylic acids is 3. The zero-order chi connectivity index (χ0) is 78.0.